The number of likely N-dealkylation sites (N-methyl/N-ethyl adjacent to an activating group) is 1. The minimum Gasteiger partial charge on any atom is -0.463 e. The molecule has 1 saturated heterocycles. The van der Waals surface area contributed by atoms with Gasteiger partial charge in [-0.3, -0.25) is 9.69 Å². The second-order valence-corrected chi connectivity index (χ2v) is 1.96. The zero-order valence-electron chi connectivity index (χ0n) is 5.29. The monoisotopic (exact) mass is 151 g/mol. The fraction of sp³-hybridized carbons (Fsp3) is 0.800. The van der Waals surface area contributed by atoms with Crippen molar-refractivity contribution >= 4 is 18.4 Å². The Bertz CT molecular complexity index is 107. The van der Waals surface area contributed by atoms with Gasteiger partial charge >= 0.3 is 5.97 Å². The third kappa shape index (κ3) is 2.67. The van der Waals surface area contributed by atoms with Crippen molar-refractivity contribution in [2.45, 2.75) is 0 Å². The first-order valence-electron chi connectivity index (χ1n) is 2.63. The maximum absolute atomic E-state index is 10.4. The summed E-state index contributed by atoms with van der Waals surface area (Å²) in [6.45, 7) is 1.86. The van der Waals surface area contributed by atoms with Crippen molar-refractivity contribution in [3.05, 3.63) is 0 Å². The van der Waals surface area contributed by atoms with Gasteiger partial charge in [0.1, 0.15) is 6.61 Å². The zero-order chi connectivity index (χ0) is 5.98. The molecule has 0 aromatic heterocycles. The Morgan fingerprint density at radius 1 is 1.67 bits per heavy atom. The van der Waals surface area contributed by atoms with Crippen LogP contribution in [0.2, 0.25) is 0 Å². The van der Waals surface area contributed by atoms with E-state index in [0.717, 1.165) is 6.54 Å². The molecule has 0 aromatic carbocycles. The number of morpholine rings is 1. The van der Waals surface area contributed by atoms with Crippen LogP contribution in [0, 0.1) is 0 Å². The van der Waals surface area contributed by atoms with Gasteiger partial charge in [-0.15, -0.1) is 12.4 Å². The van der Waals surface area contributed by atoms with Crippen molar-refractivity contribution in [3.8, 4) is 0 Å². The number of hydrogen-bond donors (Lipinski definition) is 0. The SMILES string of the molecule is CN1CCOC(=O)C1.Cl. The number of cyclic esters (lactones) is 1. The summed E-state index contributed by atoms with van der Waals surface area (Å²) >= 11 is 0. The molecule has 0 amide bonds. The summed E-state index contributed by atoms with van der Waals surface area (Å²) in [4.78, 5) is 12.3. The molecule has 0 radical (unpaired) electrons. The molecule has 0 saturated carbocycles. The van der Waals surface area contributed by atoms with E-state index in [4.69, 9.17) is 0 Å². The molecule has 0 unspecified atom stereocenters. The van der Waals surface area contributed by atoms with Gasteiger partial charge in [0.25, 0.3) is 0 Å². The summed E-state index contributed by atoms with van der Waals surface area (Å²) in [6.07, 6.45) is 0. The zero-order valence-corrected chi connectivity index (χ0v) is 6.11. The van der Waals surface area contributed by atoms with Gasteiger partial charge in [0.15, 0.2) is 0 Å². The van der Waals surface area contributed by atoms with E-state index in [1.165, 1.54) is 0 Å². The van der Waals surface area contributed by atoms with Crippen molar-refractivity contribution in [3.63, 3.8) is 0 Å². The van der Waals surface area contributed by atoms with Crippen molar-refractivity contribution in [2.24, 2.45) is 0 Å². The largest absolute Gasteiger partial charge is 0.463 e. The molecule has 9 heavy (non-hydrogen) atoms. The van der Waals surface area contributed by atoms with E-state index in [0.29, 0.717) is 13.2 Å². The minimum absolute atomic E-state index is 0. The lowest BCUT2D eigenvalue weighted by atomic mass is 10.5. The van der Waals surface area contributed by atoms with Crippen LogP contribution in [-0.4, -0.2) is 37.6 Å². The summed E-state index contributed by atoms with van der Waals surface area (Å²) in [5.74, 6) is -0.112. The number of hydrogen-bond acceptors (Lipinski definition) is 3. The van der Waals surface area contributed by atoms with Gasteiger partial charge in [-0.05, 0) is 7.05 Å². The summed E-state index contributed by atoms with van der Waals surface area (Å²) in [6, 6.07) is 0. The lowest BCUT2D eigenvalue weighted by Crippen LogP contribution is -2.36. The first kappa shape index (κ1) is 8.72. The van der Waals surface area contributed by atoms with Crippen LogP contribution in [0.5, 0.6) is 0 Å². The third-order valence-corrected chi connectivity index (χ3v) is 1.14. The van der Waals surface area contributed by atoms with Gasteiger partial charge in [-0.2, -0.15) is 0 Å². The Hall–Kier alpha value is -0.280. The van der Waals surface area contributed by atoms with E-state index >= 15 is 0 Å². The van der Waals surface area contributed by atoms with E-state index in [1.54, 1.807) is 0 Å². The number of carbonyl (C=O) groups is 1. The molecule has 0 bridgehead atoms. The number of carbonyl (C=O) groups excluding carboxylic acids is 1. The number of rotatable bonds is 0. The fourth-order valence-corrected chi connectivity index (χ4v) is 0.660. The van der Waals surface area contributed by atoms with Crippen LogP contribution in [0.25, 0.3) is 0 Å². The summed E-state index contributed by atoms with van der Waals surface area (Å²) in [5.41, 5.74) is 0. The van der Waals surface area contributed by atoms with Crippen LogP contribution in [0.3, 0.4) is 0 Å². The van der Waals surface area contributed by atoms with Gasteiger partial charge in [-0.25, -0.2) is 0 Å². The number of ether oxygens (including phenoxy) is 1. The quantitative estimate of drug-likeness (QED) is 0.453. The lowest BCUT2D eigenvalue weighted by molar-refractivity contribution is -0.149. The predicted octanol–water partition coefficient (Wildman–Crippen LogP) is -0.103. The Labute approximate surface area is 60.4 Å². The standard InChI is InChI=1S/C5H9NO2.ClH/c1-6-2-3-8-5(7)4-6;/h2-4H2,1H3;1H. The molecule has 0 aromatic rings. The number of nitrogens with zero attached hydrogens (tertiary/aromatic N) is 1. The molecule has 3 nitrogen and oxygen atoms in total. The second kappa shape index (κ2) is 3.69. The molecule has 1 fully saturated rings. The average molecular weight is 152 g/mol. The van der Waals surface area contributed by atoms with E-state index in [-0.39, 0.29) is 18.4 Å². The average Bonchev–Trinajstić information content (AvgIpc) is 1.64. The predicted molar refractivity (Wildman–Crippen MR) is 35.7 cm³/mol. The second-order valence-electron chi connectivity index (χ2n) is 1.96. The Morgan fingerprint density at radius 2 is 2.33 bits per heavy atom. The molecule has 0 aliphatic carbocycles. The Balaban J connectivity index is 0.000000640. The van der Waals surface area contributed by atoms with E-state index in [2.05, 4.69) is 4.74 Å². The highest BCUT2D eigenvalue weighted by molar-refractivity contribution is 5.85. The highest BCUT2D eigenvalue weighted by atomic mass is 35.5. The van der Waals surface area contributed by atoms with Crippen LogP contribution in [-0.2, 0) is 9.53 Å². The topological polar surface area (TPSA) is 29.5 Å². The summed E-state index contributed by atoms with van der Waals surface area (Å²) in [7, 11) is 1.90. The first-order valence-corrected chi connectivity index (χ1v) is 2.63. The van der Waals surface area contributed by atoms with Crippen LogP contribution >= 0.6 is 12.4 Å². The van der Waals surface area contributed by atoms with E-state index in [9.17, 15) is 4.79 Å². The minimum atomic E-state index is -0.112. The van der Waals surface area contributed by atoms with Crippen molar-refractivity contribution in [1.82, 2.24) is 4.90 Å². The smallest absolute Gasteiger partial charge is 0.320 e. The van der Waals surface area contributed by atoms with Crippen LogP contribution in [0.15, 0.2) is 0 Å². The molecular formula is C5H10ClNO2. The van der Waals surface area contributed by atoms with Gasteiger partial charge < -0.3 is 4.74 Å². The Morgan fingerprint density at radius 3 is 2.67 bits per heavy atom. The maximum Gasteiger partial charge on any atom is 0.320 e. The molecule has 1 rings (SSSR count). The first-order chi connectivity index (χ1) is 3.79. The normalized spacial score (nSPS) is 20.3. The molecule has 1 heterocycles. The fourth-order valence-electron chi connectivity index (χ4n) is 0.660. The molecule has 4 heteroatoms. The summed E-state index contributed by atoms with van der Waals surface area (Å²) in [5, 5.41) is 0. The third-order valence-electron chi connectivity index (χ3n) is 1.14. The van der Waals surface area contributed by atoms with Gasteiger partial charge in [0.05, 0.1) is 6.54 Å². The molecule has 0 spiro atoms. The highest BCUT2D eigenvalue weighted by Crippen LogP contribution is 1.92. The van der Waals surface area contributed by atoms with Crippen LogP contribution in [0.4, 0.5) is 0 Å². The van der Waals surface area contributed by atoms with Crippen molar-refractivity contribution in [2.75, 3.05) is 26.7 Å². The van der Waals surface area contributed by atoms with Crippen molar-refractivity contribution in [1.29, 1.82) is 0 Å². The highest BCUT2D eigenvalue weighted by Gasteiger charge is 2.12. The maximum atomic E-state index is 10.4. The molecule has 1 aliphatic heterocycles. The molecule has 0 N–H and O–H groups in total. The summed E-state index contributed by atoms with van der Waals surface area (Å²) < 4.78 is 4.67. The molecule has 0 atom stereocenters. The molecule has 54 valence electrons. The number of esters is 1. The van der Waals surface area contributed by atoms with Crippen molar-refractivity contribution < 1.29 is 9.53 Å². The molecule has 1 aliphatic rings. The van der Waals surface area contributed by atoms with Crippen LogP contribution in [0.1, 0.15) is 0 Å². The Kier molecular flexibility index (Phi) is 3.58. The van der Waals surface area contributed by atoms with Gasteiger partial charge in [-0.1, -0.05) is 0 Å². The molecular weight excluding hydrogens is 142 g/mol. The van der Waals surface area contributed by atoms with Gasteiger partial charge in [0.2, 0.25) is 0 Å². The van der Waals surface area contributed by atoms with E-state index < -0.39 is 0 Å². The van der Waals surface area contributed by atoms with E-state index in [1.807, 2.05) is 11.9 Å². The van der Waals surface area contributed by atoms with Gasteiger partial charge in [0, 0.05) is 6.54 Å². The van der Waals surface area contributed by atoms with Crippen LogP contribution < -0.4 is 0 Å². The lowest BCUT2D eigenvalue weighted by Gasteiger charge is -2.20. The number of halogens is 1.